The Bertz CT molecular complexity index is 1190. The van der Waals surface area contributed by atoms with Crippen LogP contribution in [-0.4, -0.2) is 19.3 Å². The van der Waals surface area contributed by atoms with Crippen LogP contribution in [-0.2, 0) is 7.05 Å². The number of benzene rings is 2. The fourth-order valence-electron chi connectivity index (χ4n) is 2.88. The summed E-state index contributed by atoms with van der Waals surface area (Å²) in [4.78, 5) is 14.9. The summed E-state index contributed by atoms with van der Waals surface area (Å²) >= 11 is 1.97. The van der Waals surface area contributed by atoms with Gasteiger partial charge in [-0.15, -0.1) is 0 Å². The number of aryl methyl sites for hydroxylation is 2. The molecule has 0 bridgehead atoms. The molecular formula is C16H11F2IN4O. The van der Waals surface area contributed by atoms with Gasteiger partial charge < -0.3 is 4.98 Å². The number of fused-ring (bicyclic) bond motifs is 2. The van der Waals surface area contributed by atoms with Gasteiger partial charge in [0.25, 0.3) is 0 Å². The van der Waals surface area contributed by atoms with Gasteiger partial charge in [0.15, 0.2) is 5.82 Å². The molecule has 1 N–H and O–H groups in total. The Kier molecular flexibility index (Phi) is 3.27. The van der Waals surface area contributed by atoms with E-state index >= 15 is 4.39 Å². The summed E-state index contributed by atoms with van der Waals surface area (Å²) < 4.78 is 32.6. The summed E-state index contributed by atoms with van der Waals surface area (Å²) in [5, 5.41) is 4.77. The van der Waals surface area contributed by atoms with Gasteiger partial charge in [0.1, 0.15) is 16.9 Å². The number of hydrogen-bond acceptors (Lipinski definition) is 2. The van der Waals surface area contributed by atoms with E-state index in [-0.39, 0.29) is 16.7 Å². The molecular weight excluding hydrogens is 429 g/mol. The maximum absolute atomic E-state index is 15.1. The number of halogens is 3. The SMILES string of the molecule is Cc1c2cc3[nH]c(=O)n(-c4ccc(I)cc4F)c3c(F)c2nn1C. The van der Waals surface area contributed by atoms with Crippen LogP contribution in [0.2, 0.25) is 0 Å². The predicted octanol–water partition coefficient (Wildman–Crippen LogP) is 3.40. The fourth-order valence-corrected chi connectivity index (χ4v) is 3.33. The summed E-state index contributed by atoms with van der Waals surface area (Å²) in [5.74, 6) is -1.25. The molecule has 4 aromatic rings. The van der Waals surface area contributed by atoms with E-state index in [2.05, 4.69) is 10.1 Å². The lowest BCUT2D eigenvalue weighted by molar-refractivity contribution is 0.612. The highest BCUT2D eigenvalue weighted by Gasteiger charge is 2.21. The Balaban J connectivity index is 2.17. The molecule has 2 aromatic carbocycles. The molecule has 8 heteroatoms. The first-order valence-electron chi connectivity index (χ1n) is 7.10. The van der Waals surface area contributed by atoms with Crippen LogP contribution in [0.15, 0.2) is 29.1 Å². The Morgan fingerprint density at radius 3 is 2.71 bits per heavy atom. The molecule has 4 rings (SSSR count). The molecule has 0 aliphatic rings. The molecule has 2 aromatic heterocycles. The minimum atomic E-state index is -0.650. The zero-order valence-corrected chi connectivity index (χ0v) is 14.9. The van der Waals surface area contributed by atoms with E-state index in [0.29, 0.717) is 14.5 Å². The molecule has 5 nitrogen and oxygen atoms in total. The molecule has 0 fully saturated rings. The largest absolute Gasteiger partial charge is 0.331 e. The van der Waals surface area contributed by atoms with Crippen LogP contribution in [0.25, 0.3) is 27.6 Å². The third kappa shape index (κ3) is 2.02. The quantitative estimate of drug-likeness (QED) is 0.462. The van der Waals surface area contributed by atoms with Crippen molar-refractivity contribution in [2.75, 3.05) is 0 Å². The minimum absolute atomic E-state index is 0.00225. The number of hydrogen-bond donors (Lipinski definition) is 1. The maximum atomic E-state index is 15.1. The first-order valence-corrected chi connectivity index (χ1v) is 8.18. The lowest BCUT2D eigenvalue weighted by atomic mass is 10.1. The molecule has 0 saturated heterocycles. The average molecular weight is 440 g/mol. The van der Waals surface area contributed by atoms with Gasteiger partial charge in [0.05, 0.1) is 11.2 Å². The summed E-state index contributed by atoms with van der Waals surface area (Å²) in [6.07, 6.45) is 0. The number of nitrogens with zero attached hydrogens (tertiary/aromatic N) is 3. The van der Waals surface area contributed by atoms with Crippen molar-refractivity contribution in [3.05, 3.63) is 55.6 Å². The van der Waals surface area contributed by atoms with Gasteiger partial charge in [-0.1, -0.05) is 0 Å². The van der Waals surface area contributed by atoms with Gasteiger partial charge in [0, 0.05) is 21.7 Å². The average Bonchev–Trinajstić information content (AvgIpc) is 2.99. The molecule has 0 spiro atoms. The number of rotatable bonds is 1. The second-order valence-electron chi connectivity index (χ2n) is 5.55. The van der Waals surface area contributed by atoms with Crippen LogP contribution >= 0.6 is 22.6 Å². The lowest BCUT2D eigenvalue weighted by Crippen LogP contribution is -2.16. The predicted molar refractivity (Wildman–Crippen MR) is 95.5 cm³/mol. The van der Waals surface area contributed by atoms with Crippen molar-refractivity contribution >= 4 is 44.5 Å². The summed E-state index contributed by atoms with van der Waals surface area (Å²) in [6.45, 7) is 1.81. The standard InChI is InChI=1S/C16H11F2IN4O/c1-7-9-6-11-15(13(18)14(9)21-22(7)2)23(16(24)20-11)12-4-3-8(19)5-10(12)17/h3-6H,1-2H3,(H,20,24). The van der Waals surface area contributed by atoms with Gasteiger partial charge >= 0.3 is 5.69 Å². The van der Waals surface area contributed by atoms with Crippen molar-refractivity contribution in [1.29, 1.82) is 0 Å². The number of H-pyrrole nitrogens is 1. The fraction of sp³-hybridized carbons (Fsp3) is 0.125. The van der Waals surface area contributed by atoms with Gasteiger partial charge in [0.2, 0.25) is 0 Å². The van der Waals surface area contributed by atoms with Gasteiger partial charge in [-0.05, 0) is 53.8 Å². The Morgan fingerprint density at radius 2 is 2.00 bits per heavy atom. The molecule has 0 unspecified atom stereocenters. The number of imidazole rings is 1. The smallest absolute Gasteiger partial charge is 0.305 e. The second kappa shape index (κ2) is 5.13. The molecule has 24 heavy (non-hydrogen) atoms. The van der Waals surface area contributed by atoms with Gasteiger partial charge in [-0.25, -0.2) is 13.6 Å². The van der Waals surface area contributed by atoms with Crippen LogP contribution < -0.4 is 5.69 Å². The molecule has 122 valence electrons. The first kappa shape index (κ1) is 15.3. The van der Waals surface area contributed by atoms with Crippen molar-refractivity contribution in [3.8, 4) is 5.69 Å². The molecule has 2 heterocycles. The first-order chi connectivity index (χ1) is 11.4. The molecule has 0 radical (unpaired) electrons. The number of aromatic nitrogens is 4. The third-order valence-electron chi connectivity index (χ3n) is 4.16. The summed E-state index contributed by atoms with van der Waals surface area (Å²) in [6, 6.07) is 6.08. The number of nitrogens with one attached hydrogen (secondary N) is 1. The van der Waals surface area contributed by atoms with Crippen molar-refractivity contribution in [3.63, 3.8) is 0 Å². The molecule has 0 aliphatic heterocycles. The van der Waals surface area contributed by atoms with Crippen LogP contribution in [0.1, 0.15) is 5.69 Å². The molecule has 0 amide bonds. The molecule has 0 atom stereocenters. The van der Waals surface area contributed by atoms with Crippen molar-refractivity contribution in [2.45, 2.75) is 6.92 Å². The zero-order valence-electron chi connectivity index (χ0n) is 12.7. The van der Waals surface area contributed by atoms with Crippen molar-refractivity contribution in [2.24, 2.45) is 7.05 Å². The zero-order chi connectivity index (χ0) is 17.2. The Morgan fingerprint density at radius 1 is 1.25 bits per heavy atom. The van der Waals surface area contributed by atoms with E-state index in [4.69, 9.17) is 0 Å². The van der Waals surface area contributed by atoms with Crippen LogP contribution in [0.5, 0.6) is 0 Å². The van der Waals surface area contributed by atoms with Crippen molar-refractivity contribution in [1.82, 2.24) is 19.3 Å². The van der Waals surface area contributed by atoms with Gasteiger partial charge in [-0.2, -0.15) is 5.10 Å². The third-order valence-corrected chi connectivity index (χ3v) is 4.83. The van der Waals surface area contributed by atoms with E-state index in [1.54, 1.807) is 23.9 Å². The van der Waals surface area contributed by atoms with E-state index in [0.717, 1.165) is 10.3 Å². The second-order valence-corrected chi connectivity index (χ2v) is 6.80. The topological polar surface area (TPSA) is 55.6 Å². The lowest BCUT2D eigenvalue weighted by Gasteiger charge is -2.06. The molecule has 0 saturated carbocycles. The summed E-state index contributed by atoms with van der Waals surface area (Å²) in [7, 11) is 1.72. The van der Waals surface area contributed by atoms with E-state index < -0.39 is 17.3 Å². The van der Waals surface area contributed by atoms with E-state index in [1.807, 2.05) is 29.5 Å². The summed E-state index contributed by atoms with van der Waals surface area (Å²) in [5.41, 5.74) is 0.627. The highest BCUT2D eigenvalue weighted by Crippen LogP contribution is 2.29. The maximum Gasteiger partial charge on any atom is 0.331 e. The van der Waals surface area contributed by atoms with Crippen LogP contribution in [0, 0.1) is 22.1 Å². The van der Waals surface area contributed by atoms with Crippen LogP contribution in [0.4, 0.5) is 8.78 Å². The van der Waals surface area contributed by atoms with E-state index in [1.165, 1.54) is 12.1 Å². The van der Waals surface area contributed by atoms with Crippen LogP contribution in [0.3, 0.4) is 0 Å². The van der Waals surface area contributed by atoms with E-state index in [9.17, 15) is 9.18 Å². The normalized spacial score (nSPS) is 11.7. The van der Waals surface area contributed by atoms with Gasteiger partial charge in [-0.3, -0.25) is 9.25 Å². The minimum Gasteiger partial charge on any atom is -0.305 e. The Labute approximate surface area is 148 Å². The monoisotopic (exact) mass is 440 g/mol. The molecule has 0 aliphatic carbocycles. The Hall–Kier alpha value is -2.23. The highest BCUT2D eigenvalue weighted by atomic mass is 127. The number of aromatic amines is 1. The highest BCUT2D eigenvalue weighted by molar-refractivity contribution is 14.1. The van der Waals surface area contributed by atoms with Crippen molar-refractivity contribution < 1.29 is 8.78 Å².